The minimum absolute atomic E-state index is 0.0414. The van der Waals surface area contributed by atoms with E-state index in [-0.39, 0.29) is 11.3 Å². The number of aliphatic hydroxyl groups excluding tert-OH is 1. The van der Waals surface area contributed by atoms with Gasteiger partial charge in [-0.1, -0.05) is 6.07 Å². The molecule has 0 aliphatic carbocycles. The Hall–Kier alpha value is -3.33. The number of nitrogens with one attached hydrogen (secondary N) is 1. The standard InChI is InChI=1S/C23H30N4O5/c1-13-18(14(2)25-24-13)21(28)19-20(15-8-9-16(31-5)17(12-15)32-6)27(23(30)22(19)29)11-7-10-26(3)4/h8-9,12,20,28H,7,10-11H2,1-6H3,(H,24,25)/t20-/m1/s1. The summed E-state index contributed by atoms with van der Waals surface area (Å²) in [5, 5.41) is 18.1. The highest BCUT2D eigenvalue weighted by Gasteiger charge is 2.46. The van der Waals surface area contributed by atoms with Crippen molar-refractivity contribution in [1.29, 1.82) is 0 Å². The summed E-state index contributed by atoms with van der Waals surface area (Å²) < 4.78 is 10.8. The highest BCUT2D eigenvalue weighted by atomic mass is 16.5. The van der Waals surface area contributed by atoms with E-state index < -0.39 is 17.7 Å². The van der Waals surface area contributed by atoms with Gasteiger partial charge in [0.15, 0.2) is 11.5 Å². The van der Waals surface area contributed by atoms with Crippen LogP contribution in [0.1, 0.15) is 35.0 Å². The summed E-state index contributed by atoms with van der Waals surface area (Å²) in [6.07, 6.45) is 0.674. The van der Waals surface area contributed by atoms with E-state index in [2.05, 4.69) is 10.2 Å². The van der Waals surface area contributed by atoms with Crippen LogP contribution in [0.2, 0.25) is 0 Å². The number of H-pyrrole nitrogens is 1. The smallest absolute Gasteiger partial charge is 0.295 e. The molecule has 2 aromatic rings. The van der Waals surface area contributed by atoms with Crippen LogP contribution in [0.3, 0.4) is 0 Å². The van der Waals surface area contributed by atoms with Crippen LogP contribution in [0.5, 0.6) is 11.5 Å². The fourth-order valence-electron chi connectivity index (χ4n) is 4.07. The van der Waals surface area contributed by atoms with Crippen molar-refractivity contribution in [3.63, 3.8) is 0 Å². The first-order valence-electron chi connectivity index (χ1n) is 10.4. The number of ketones is 1. The van der Waals surface area contributed by atoms with Crippen LogP contribution in [0.15, 0.2) is 23.8 Å². The predicted octanol–water partition coefficient (Wildman–Crippen LogP) is 2.42. The molecule has 0 spiro atoms. The molecule has 1 amide bonds. The number of rotatable bonds is 8. The number of methoxy groups -OCH3 is 2. The lowest BCUT2D eigenvalue weighted by Crippen LogP contribution is -2.32. The Labute approximate surface area is 187 Å². The van der Waals surface area contributed by atoms with Crippen molar-refractivity contribution in [2.75, 3.05) is 41.4 Å². The molecule has 3 rings (SSSR count). The monoisotopic (exact) mass is 442 g/mol. The molecule has 0 radical (unpaired) electrons. The van der Waals surface area contributed by atoms with Gasteiger partial charge in [-0.25, -0.2) is 0 Å². The molecule has 172 valence electrons. The molecule has 0 bridgehead atoms. The molecule has 1 aromatic heterocycles. The topological polar surface area (TPSA) is 108 Å². The summed E-state index contributed by atoms with van der Waals surface area (Å²) in [7, 11) is 6.96. The van der Waals surface area contributed by atoms with Crippen molar-refractivity contribution < 1.29 is 24.2 Å². The number of Topliss-reactive ketones (excluding diaryl/α,β-unsaturated/α-hetero) is 1. The summed E-state index contributed by atoms with van der Waals surface area (Å²) in [6.45, 7) is 4.61. The lowest BCUT2D eigenvalue weighted by Gasteiger charge is -2.26. The Morgan fingerprint density at radius 1 is 1.19 bits per heavy atom. The third-order valence-corrected chi connectivity index (χ3v) is 5.63. The molecular weight excluding hydrogens is 412 g/mol. The number of carbonyl (C=O) groups is 2. The number of nitrogens with zero attached hydrogens (tertiary/aromatic N) is 3. The quantitative estimate of drug-likeness (QED) is 0.367. The number of carbonyl (C=O) groups excluding carboxylic acids is 2. The summed E-state index contributed by atoms with van der Waals surface area (Å²) >= 11 is 0. The summed E-state index contributed by atoms with van der Waals surface area (Å²) in [6, 6.07) is 4.48. The Balaban J connectivity index is 2.17. The van der Waals surface area contributed by atoms with Crippen LogP contribution in [0.25, 0.3) is 5.76 Å². The van der Waals surface area contributed by atoms with Gasteiger partial charge in [0.2, 0.25) is 0 Å². The molecule has 1 fully saturated rings. The van der Waals surface area contributed by atoms with E-state index in [0.29, 0.717) is 47.0 Å². The van der Waals surface area contributed by atoms with E-state index in [0.717, 1.165) is 6.54 Å². The van der Waals surface area contributed by atoms with Gasteiger partial charge in [-0.15, -0.1) is 0 Å². The van der Waals surface area contributed by atoms with Crippen molar-refractivity contribution in [3.8, 4) is 11.5 Å². The number of aliphatic hydroxyl groups is 1. The summed E-state index contributed by atoms with van der Waals surface area (Å²) in [4.78, 5) is 29.7. The van der Waals surface area contributed by atoms with Crippen molar-refractivity contribution in [2.45, 2.75) is 26.3 Å². The van der Waals surface area contributed by atoms with Crippen molar-refractivity contribution in [2.24, 2.45) is 0 Å². The molecule has 1 aromatic carbocycles. The van der Waals surface area contributed by atoms with E-state index in [1.165, 1.54) is 19.1 Å². The highest BCUT2D eigenvalue weighted by Crippen LogP contribution is 2.42. The van der Waals surface area contributed by atoms with Gasteiger partial charge in [-0.05, 0) is 58.6 Å². The summed E-state index contributed by atoms with van der Waals surface area (Å²) in [5.41, 5.74) is 2.28. The van der Waals surface area contributed by atoms with Crippen LogP contribution < -0.4 is 9.47 Å². The SMILES string of the molecule is COc1ccc([C@@H]2C(=C(O)c3c(C)n[nH]c3C)C(=O)C(=O)N2CCCN(C)C)cc1OC. The van der Waals surface area contributed by atoms with Gasteiger partial charge in [0, 0.05) is 12.2 Å². The average molecular weight is 443 g/mol. The Kier molecular flexibility index (Phi) is 6.88. The molecule has 2 N–H and O–H groups in total. The second-order valence-electron chi connectivity index (χ2n) is 8.07. The van der Waals surface area contributed by atoms with Gasteiger partial charge in [0.1, 0.15) is 5.76 Å². The van der Waals surface area contributed by atoms with E-state index in [4.69, 9.17) is 9.47 Å². The largest absolute Gasteiger partial charge is 0.507 e. The number of amides is 1. The Bertz CT molecular complexity index is 1040. The van der Waals surface area contributed by atoms with Crippen LogP contribution in [-0.4, -0.2) is 78.2 Å². The molecule has 32 heavy (non-hydrogen) atoms. The first-order valence-corrected chi connectivity index (χ1v) is 10.4. The second-order valence-corrected chi connectivity index (χ2v) is 8.07. The Morgan fingerprint density at radius 2 is 1.88 bits per heavy atom. The average Bonchev–Trinajstić information content (AvgIpc) is 3.23. The first-order chi connectivity index (χ1) is 15.2. The van der Waals surface area contributed by atoms with Gasteiger partial charge in [0.05, 0.1) is 37.1 Å². The number of likely N-dealkylation sites (tertiary alicyclic amines) is 1. The fraction of sp³-hybridized carbons (Fsp3) is 0.435. The number of benzene rings is 1. The number of aryl methyl sites for hydroxylation is 2. The predicted molar refractivity (Wildman–Crippen MR) is 120 cm³/mol. The molecule has 1 saturated heterocycles. The molecule has 1 atom stereocenters. The molecule has 2 heterocycles. The van der Waals surface area contributed by atoms with Crippen LogP contribution >= 0.6 is 0 Å². The molecule has 9 heteroatoms. The fourth-order valence-corrected chi connectivity index (χ4v) is 4.07. The zero-order chi connectivity index (χ0) is 23.6. The third kappa shape index (κ3) is 4.20. The lowest BCUT2D eigenvalue weighted by atomic mass is 9.94. The van der Waals surface area contributed by atoms with Gasteiger partial charge in [0.25, 0.3) is 11.7 Å². The molecular formula is C23H30N4O5. The molecule has 9 nitrogen and oxygen atoms in total. The number of aromatic amines is 1. The highest BCUT2D eigenvalue weighted by molar-refractivity contribution is 6.46. The number of aromatic nitrogens is 2. The van der Waals surface area contributed by atoms with Crippen molar-refractivity contribution in [1.82, 2.24) is 20.0 Å². The van der Waals surface area contributed by atoms with Crippen molar-refractivity contribution in [3.05, 3.63) is 46.3 Å². The zero-order valence-electron chi connectivity index (χ0n) is 19.4. The normalized spacial score (nSPS) is 18.0. The first kappa shape index (κ1) is 23.3. The summed E-state index contributed by atoms with van der Waals surface area (Å²) in [5.74, 6) is -0.583. The van der Waals surface area contributed by atoms with Gasteiger partial charge in [-0.2, -0.15) is 5.10 Å². The van der Waals surface area contributed by atoms with Gasteiger partial charge in [-0.3, -0.25) is 14.7 Å². The maximum atomic E-state index is 13.1. The van der Waals surface area contributed by atoms with Gasteiger partial charge < -0.3 is 24.4 Å². The van der Waals surface area contributed by atoms with Crippen molar-refractivity contribution >= 4 is 17.4 Å². The van der Waals surface area contributed by atoms with E-state index >= 15 is 0 Å². The third-order valence-electron chi connectivity index (χ3n) is 5.63. The Morgan fingerprint density at radius 3 is 2.44 bits per heavy atom. The lowest BCUT2D eigenvalue weighted by molar-refractivity contribution is -0.139. The van der Waals surface area contributed by atoms with E-state index in [9.17, 15) is 14.7 Å². The van der Waals surface area contributed by atoms with Crippen LogP contribution in [0, 0.1) is 13.8 Å². The van der Waals surface area contributed by atoms with E-state index in [1.807, 2.05) is 19.0 Å². The minimum atomic E-state index is -0.759. The number of hydrogen-bond acceptors (Lipinski definition) is 7. The number of hydrogen-bond donors (Lipinski definition) is 2. The molecule has 1 aliphatic rings. The van der Waals surface area contributed by atoms with Crippen LogP contribution in [0.4, 0.5) is 0 Å². The molecule has 0 unspecified atom stereocenters. The molecule has 1 aliphatic heterocycles. The zero-order valence-corrected chi connectivity index (χ0v) is 19.4. The second kappa shape index (κ2) is 9.44. The maximum absolute atomic E-state index is 13.1. The van der Waals surface area contributed by atoms with Crippen LogP contribution in [-0.2, 0) is 9.59 Å². The minimum Gasteiger partial charge on any atom is -0.507 e. The van der Waals surface area contributed by atoms with E-state index in [1.54, 1.807) is 32.0 Å². The number of ether oxygens (including phenoxy) is 2. The molecule has 0 saturated carbocycles. The maximum Gasteiger partial charge on any atom is 0.295 e. The van der Waals surface area contributed by atoms with Gasteiger partial charge >= 0.3 is 0 Å².